The number of hydrogen-bond acceptors (Lipinski definition) is 5. The van der Waals surface area contributed by atoms with Gasteiger partial charge < -0.3 is 15.6 Å². The van der Waals surface area contributed by atoms with E-state index in [4.69, 9.17) is 17.3 Å². The number of H-pyrrole nitrogens is 1. The first-order valence-corrected chi connectivity index (χ1v) is 7.22. The second-order valence-corrected chi connectivity index (χ2v) is 5.42. The number of hydrogen-bond donors (Lipinski definition) is 2. The van der Waals surface area contributed by atoms with Crippen LogP contribution in [-0.2, 0) is 4.79 Å². The van der Waals surface area contributed by atoms with Crippen LogP contribution >= 0.6 is 11.6 Å². The molecule has 2 aromatic heterocycles. The summed E-state index contributed by atoms with van der Waals surface area (Å²) in [5, 5.41) is -0.0362. The van der Waals surface area contributed by atoms with Crippen molar-refractivity contribution in [1.29, 1.82) is 0 Å². The van der Waals surface area contributed by atoms with Gasteiger partial charge in [0.2, 0.25) is 5.91 Å². The van der Waals surface area contributed by atoms with Gasteiger partial charge in [-0.2, -0.15) is 0 Å². The maximum atomic E-state index is 12.1. The molecule has 1 saturated heterocycles. The average molecular weight is 320 g/mol. The van der Waals surface area contributed by atoms with Gasteiger partial charge in [-0.3, -0.25) is 14.6 Å². The topological polar surface area (TPSA) is 105 Å². The van der Waals surface area contributed by atoms with Gasteiger partial charge in [0, 0.05) is 24.5 Å². The quantitative estimate of drug-likeness (QED) is 0.876. The molecule has 0 bridgehead atoms. The second kappa shape index (κ2) is 5.76. The van der Waals surface area contributed by atoms with E-state index in [0.29, 0.717) is 30.2 Å². The summed E-state index contributed by atoms with van der Waals surface area (Å²) in [7, 11) is 0. The molecular weight excluding hydrogens is 306 g/mol. The van der Waals surface area contributed by atoms with Gasteiger partial charge in [-0.15, -0.1) is 0 Å². The second-order valence-electron chi connectivity index (χ2n) is 5.04. The van der Waals surface area contributed by atoms with Crippen LogP contribution in [0.4, 0.5) is 5.82 Å². The first-order chi connectivity index (χ1) is 10.6. The summed E-state index contributed by atoms with van der Waals surface area (Å²) in [6, 6.07) is 2.97. The standard InChI is InChI=1S/C14H14ClN5O2/c15-10-13(20-7-1-2-9(20)11(16)21)18-12(19-14(10)22)8-3-5-17-6-4-8/h3-6,9H,1-2,7H2,(H2,16,21)(H,18,19,22)/t9-/m1/s1. The fraction of sp³-hybridized carbons (Fsp3) is 0.286. The van der Waals surface area contributed by atoms with E-state index in [0.717, 1.165) is 6.42 Å². The van der Waals surface area contributed by atoms with Gasteiger partial charge in [-0.25, -0.2) is 4.98 Å². The summed E-state index contributed by atoms with van der Waals surface area (Å²) >= 11 is 6.09. The summed E-state index contributed by atoms with van der Waals surface area (Å²) < 4.78 is 0. The molecule has 0 radical (unpaired) electrons. The zero-order valence-electron chi connectivity index (χ0n) is 11.6. The molecule has 1 aliphatic rings. The molecule has 8 heteroatoms. The molecule has 0 spiro atoms. The highest BCUT2D eigenvalue weighted by molar-refractivity contribution is 6.32. The van der Waals surface area contributed by atoms with Gasteiger partial charge in [-0.05, 0) is 25.0 Å². The minimum Gasteiger partial charge on any atom is -0.368 e. The highest BCUT2D eigenvalue weighted by atomic mass is 35.5. The van der Waals surface area contributed by atoms with Crippen molar-refractivity contribution in [3.05, 3.63) is 39.9 Å². The van der Waals surface area contributed by atoms with E-state index in [-0.39, 0.29) is 5.02 Å². The van der Waals surface area contributed by atoms with Crippen molar-refractivity contribution < 1.29 is 4.79 Å². The highest BCUT2D eigenvalue weighted by Gasteiger charge is 2.32. The highest BCUT2D eigenvalue weighted by Crippen LogP contribution is 2.29. The fourth-order valence-electron chi connectivity index (χ4n) is 2.60. The Bertz CT molecular complexity index is 762. The lowest BCUT2D eigenvalue weighted by atomic mass is 10.2. The molecule has 7 nitrogen and oxygen atoms in total. The Morgan fingerprint density at radius 1 is 1.41 bits per heavy atom. The van der Waals surface area contributed by atoms with Crippen LogP contribution in [0.25, 0.3) is 11.4 Å². The number of nitrogens with one attached hydrogen (secondary N) is 1. The maximum Gasteiger partial charge on any atom is 0.272 e. The van der Waals surface area contributed by atoms with Crippen molar-refractivity contribution >= 4 is 23.3 Å². The summed E-state index contributed by atoms with van der Waals surface area (Å²) in [6.07, 6.45) is 4.63. The van der Waals surface area contributed by atoms with E-state index < -0.39 is 17.5 Å². The predicted octanol–water partition coefficient (Wildman–Crippen LogP) is 0.939. The molecule has 1 amide bonds. The number of rotatable bonds is 3. The van der Waals surface area contributed by atoms with Crippen molar-refractivity contribution in [2.75, 3.05) is 11.4 Å². The number of anilines is 1. The Kier molecular flexibility index (Phi) is 3.81. The van der Waals surface area contributed by atoms with Gasteiger partial charge in [-0.1, -0.05) is 11.6 Å². The smallest absolute Gasteiger partial charge is 0.272 e. The monoisotopic (exact) mass is 319 g/mol. The van der Waals surface area contributed by atoms with Gasteiger partial charge in [0.25, 0.3) is 5.56 Å². The molecule has 0 aromatic carbocycles. The third kappa shape index (κ3) is 2.55. The molecule has 22 heavy (non-hydrogen) atoms. The summed E-state index contributed by atoms with van der Waals surface area (Å²) in [6.45, 7) is 0.583. The number of primary amides is 1. The SMILES string of the molecule is NC(=O)[C@H]1CCCN1c1nc(-c2ccncc2)[nH]c(=O)c1Cl. The third-order valence-electron chi connectivity index (χ3n) is 3.65. The molecule has 3 N–H and O–H groups in total. The van der Waals surface area contributed by atoms with Crippen molar-refractivity contribution in [2.24, 2.45) is 5.73 Å². The van der Waals surface area contributed by atoms with Crippen molar-refractivity contribution in [3.8, 4) is 11.4 Å². The Morgan fingerprint density at radius 2 is 2.14 bits per heavy atom. The van der Waals surface area contributed by atoms with Gasteiger partial charge in [0.05, 0.1) is 0 Å². The molecule has 0 aliphatic carbocycles. The van der Waals surface area contributed by atoms with Gasteiger partial charge in [0.15, 0.2) is 5.82 Å². The molecule has 3 heterocycles. The number of halogens is 1. The predicted molar refractivity (Wildman–Crippen MR) is 82.7 cm³/mol. The zero-order valence-corrected chi connectivity index (χ0v) is 12.4. The number of pyridine rings is 1. The number of carbonyl (C=O) groups excluding carboxylic acids is 1. The molecule has 0 unspecified atom stereocenters. The number of carbonyl (C=O) groups is 1. The van der Waals surface area contributed by atoms with Gasteiger partial charge >= 0.3 is 0 Å². The first-order valence-electron chi connectivity index (χ1n) is 6.84. The normalized spacial score (nSPS) is 17.7. The first kappa shape index (κ1) is 14.5. The number of aromatic nitrogens is 3. The lowest BCUT2D eigenvalue weighted by molar-refractivity contribution is -0.119. The third-order valence-corrected chi connectivity index (χ3v) is 3.99. The maximum absolute atomic E-state index is 12.1. The van der Waals surface area contributed by atoms with E-state index in [1.54, 1.807) is 29.4 Å². The summed E-state index contributed by atoms with van der Waals surface area (Å²) in [5.74, 6) is 0.224. The molecular formula is C14H14ClN5O2. The van der Waals surface area contributed by atoms with Crippen LogP contribution in [0.3, 0.4) is 0 Å². The molecule has 3 rings (SSSR count). The van der Waals surface area contributed by atoms with Crippen LogP contribution in [0.1, 0.15) is 12.8 Å². The van der Waals surface area contributed by atoms with Crippen LogP contribution < -0.4 is 16.2 Å². The summed E-state index contributed by atoms with van der Waals surface area (Å²) in [5.41, 5.74) is 5.67. The summed E-state index contributed by atoms with van der Waals surface area (Å²) in [4.78, 5) is 36.3. The Hall–Kier alpha value is -2.41. The van der Waals surface area contributed by atoms with Crippen LogP contribution in [0.15, 0.2) is 29.3 Å². The molecule has 1 atom stereocenters. The number of nitrogens with two attached hydrogens (primary N) is 1. The average Bonchev–Trinajstić information content (AvgIpc) is 3.00. The molecule has 2 aromatic rings. The minimum absolute atomic E-state index is 0.0362. The Morgan fingerprint density at radius 3 is 2.82 bits per heavy atom. The number of aromatic amines is 1. The van der Waals surface area contributed by atoms with Crippen LogP contribution in [0.5, 0.6) is 0 Å². The van der Waals surface area contributed by atoms with E-state index in [2.05, 4.69) is 15.0 Å². The van der Waals surface area contributed by atoms with E-state index in [1.165, 1.54) is 0 Å². The van der Waals surface area contributed by atoms with Crippen molar-refractivity contribution in [1.82, 2.24) is 15.0 Å². The molecule has 114 valence electrons. The molecule has 1 aliphatic heterocycles. The minimum atomic E-state index is -0.489. The lowest BCUT2D eigenvalue weighted by Crippen LogP contribution is -2.41. The lowest BCUT2D eigenvalue weighted by Gasteiger charge is -2.24. The van der Waals surface area contributed by atoms with Crippen LogP contribution in [0.2, 0.25) is 5.02 Å². The molecule has 0 saturated carbocycles. The van der Waals surface area contributed by atoms with Crippen LogP contribution in [-0.4, -0.2) is 33.4 Å². The number of nitrogens with zero attached hydrogens (tertiary/aromatic N) is 3. The van der Waals surface area contributed by atoms with E-state index in [9.17, 15) is 9.59 Å². The zero-order chi connectivity index (χ0) is 15.7. The molecule has 1 fully saturated rings. The van der Waals surface area contributed by atoms with Crippen LogP contribution in [0, 0.1) is 0 Å². The van der Waals surface area contributed by atoms with Crippen molar-refractivity contribution in [3.63, 3.8) is 0 Å². The van der Waals surface area contributed by atoms with Gasteiger partial charge in [0.1, 0.15) is 16.9 Å². The number of amides is 1. The van der Waals surface area contributed by atoms with Crippen molar-refractivity contribution in [2.45, 2.75) is 18.9 Å². The Labute approximate surface area is 131 Å². The van der Waals surface area contributed by atoms with E-state index >= 15 is 0 Å². The largest absolute Gasteiger partial charge is 0.368 e. The fourth-order valence-corrected chi connectivity index (χ4v) is 2.80. The van der Waals surface area contributed by atoms with E-state index in [1.807, 2.05) is 0 Å². The Balaban J connectivity index is 2.10.